The minimum atomic E-state index is -1.37. The molecular weight excluding hydrogens is 373 g/mol. The fourth-order valence-electron chi connectivity index (χ4n) is 0.876. The predicted molar refractivity (Wildman–Crippen MR) is 71.8 cm³/mol. The molecule has 0 saturated heterocycles. The Morgan fingerprint density at radius 2 is 2.13 bits per heavy atom. The van der Waals surface area contributed by atoms with Gasteiger partial charge in [-0.05, 0) is 64.5 Å². The second kappa shape index (κ2) is 4.80. The van der Waals surface area contributed by atoms with Crippen LogP contribution in [0.25, 0.3) is 0 Å². The molecule has 0 unspecified atom stereocenters. The standard InChI is InChI=1S/C10H11BrINO2/c1-10(2,15)9(14)13-7-5-3-4-6(11)8(7)12/h3-5,15H,1-2H3,(H,13,14). The summed E-state index contributed by atoms with van der Waals surface area (Å²) in [5, 5.41) is 12.1. The molecule has 3 nitrogen and oxygen atoms in total. The number of nitrogens with one attached hydrogen (secondary N) is 1. The highest BCUT2D eigenvalue weighted by Gasteiger charge is 2.24. The largest absolute Gasteiger partial charge is 0.381 e. The first-order chi connectivity index (χ1) is 6.82. The fraction of sp³-hybridized carbons (Fsp3) is 0.300. The van der Waals surface area contributed by atoms with Crippen molar-refractivity contribution in [1.29, 1.82) is 0 Å². The molecule has 0 atom stereocenters. The van der Waals surface area contributed by atoms with Crippen LogP contribution in [0.4, 0.5) is 5.69 Å². The van der Waals surface area contributed by atoms with Crippen molar-refractivity contribution in [2.24, 2.45) is 0 Å². The summed E-state index contributed by atoms with van der Waals surface area (Å²) in [7, 11) is 0. The van der Waals surface area contributed by atoms with E-state index in [9.17, 15) is 9.90 Å². The van der Waals surface area contributed by atoms with Gasteiger partial charge in [-0.2, -0.15) is 0 Å². The van der Waals surface area contributed by atoms with Gasteiger partial charge in [0.1, 0.15) is 5.60 Å². The van der Waals surface area contributed by atoms with Gasteiger partial charge in [0.05, 0.1) is 9.26 Å². The van der Waals surface area contributed by atoms with Crippen LogP contribution in [0.15, 0.2) is 22.7 Å². The van der Waals surface area contributed by atoms with Crippen molar-refractivity contribution in [2.45, 2.75) is 19.4 Å². The minimum Gasteiger partial charge on any atom is -0.381 e. The molecule has 5 heteroatoms. The lowest BCUT2D eigenvalue weighted by atomic mass is 10.1. The zero-order valence-electron chi connectivity index (χ0n) is 8.34. The molecule has 0 aliphatic carbocycles. The van der Waals surface area contributed by atoms with E-state index in [1.165, 1.54) is 13.8 Å². The van der Waals surface area contributed by atoms with Gasteiger partial charge in [0.25, 0.3) is 5.91 Å². The lowest BCUT2D eigenvalue weighted by Crippen LogP contribution is -2.36. The van der Waals surface area contributed by atoms with E-state index in [0.717, 1.165) is 8.04 Å². The summed E-state index contributed by atoms with van der Waals surface area (Å²) in [5.74, 6) is -0.418. The lowest BCUT2D eigenvalue weighted by Gasteiger charge is -2.17. The van der Waals surface area contributed by atoms with E-state index in [0.29, 0.717) is 5.69 Å². The summed E-state index contributed by atoms with van der Waals surface area (Å²) in [6.45, 7) is 2.90. The molecule has 0 saturated carbocycles. The summed E-state index contributed by atoms with van der Waals surface area (Å²) in [6, 6.07) is 5.50. The highest BCUT2D eigenvalue weighted by atomic mass is 127. The van der Waals surface area contributed by atoms with Crippen molar-refractivity contribution in [1.82, 2.24) is 0 Å². The average molecular weight is 384 g/mol. The Morgan fingerprint density at radius 3 is 2.67 bits per heavy atom. The molecule has 0 aliphatic heterocycles. The van der Waals surface area contributed by atoms with Crippen molar-refractivity contribution < 1.29 is 9.90 Å². The predicted octanol–water partition coefficient (Wildman–Crippen LogP) is 2.76. The Hall–Kier alpha value is -0.140. The Labute approximate surface area is 111 Å². The Bertz CT molecular complexity index is 387. The smallest absolute Gasteiger partial charge is 0.255 e. The molecule has 1 amide bonds. The molecule has 1 aromatic rings. The zero-order chi connectivity index (χ0) is 11.6. The molecule has 0 fully saturated rings. The number of anilines is 1. The maximum atomic E-state index is 11.5. The van der Waals surface area contributed by atoms with Gasteiger partial charge in [-0.15, -0.1) is 0 Å². The maximum absolute atomic E-state index is 11.5. The van der Waals surface area contributed by atoms with E-state index in [2.05, 4.69) is 43.8 Å². The van der Waals surface area contributed by atoms with E-state index < -0.39 is 11.5 Å². The molecule has 0 bridgehead atoms. The first kappa shape index (κ1) is 12.9. The lowest BCUT2D eigenvalue weighted by molar-refractivity contribution is -0.130. The van der Waals surface area contributed by atoms with Gasteiger partial charge in [-0.3, -0.25) is 4.79 Å². The van der Waals surface area contributed by atoms with Gasteiger partial charge in [0.2, 0.25) is 0 Å². The SMILES string of the molecule is CC(C)(O)C(=O)Nc1cccc(Br)c1I. The van der Waals surface area contributed by atoms with Gasteiger partial charge in [0.15, 0.2) is 0 Å². The Balaban J connectivity index is 2.91. The fourth-order valence-corrected chi connectivity index (χ4v) is 1.74. The monoisotopic (exact) mass is 383 g/mol. The van der Waals surface area contributed by atoms with Crippen LogP contribution in [0.5, 0.6) is 0 Å². The van der Waals surface area contributed by atoms with Crippen molar-refractivity contribution in [3.8, 4) is 0 Å². The molecular formula is C10H11BrINO2. The van der Waals surface area contributed by atoms with Crippen LogP contribution < -0.4 is 5.32 Å². The van der Waals surface area contributed by atoms with E-state index in [1.807, 2.05) is 12.1 Å². The van der Waals surface area contributed by atoms with E-state index >= 15 is 0 Å². The molecule has 0 aliphatic rings. The van der Waals surface area contributed by atoms with E-state index in [-0.39, 0.29) is 0 Å². The van der Waals surface area contributed by atoms with Crippen LogP contribution in [0.2, 0.25) is 0 Å². The first-order valence-corrected chi connectivity index (χ1v) is 6.17. The van der Waals surface area contributed by atoms with Gasteiger partial charge < -0.3 is 10.4 Å². The van der Waals surface area contributed by atoms with Crippen molar-refractivity contribution in [3.63, 3.8) is 0 Å². The second-order valence-corrected chi connectivity index (χ2v) is 5.55. The first-order valence-electron chi connectivity index (χ1n) is 4.30. The topological polar surface area (TPSA) is 49.3 Å². The highest BCUT2D eigenvalue weighted by molar-refractivity contribution is 14.1. The number of hydrogen-bond donors (Lipinski definition) is 2. The second-order valence-electron chi connectivity index (χ2n) is 3.61. The van der Waals surface area contributed by atoms with Crippen molar-refractivity contribution in [3.05, 3.63) is 26.2 Å². The summed E-state index contributed by atoms with van der Waals surface area (Å²) >= 11 is 5.49. The molecule has 1 aromatic carbocycles. The van der Waals surface area contributed by atoms with Crippen LogP contribution in [0.3, 0.4) is 0 Å². The number of amides is 1. The van der Waals surface area contributed by atoms with E-state index in [1.54, 1.807) is 6.07 Å². The third kappa shape index (κ3) is 3.42. The average Bonchev–Trinajstić information content (AvgIpc) is 2.11. The van der Waals surface area contributed by atoms with Crippen LogP contribution >= 0.6 is 38.5 Å². The molecule has 0 heterocycles. The molecule has 0 radical (unpaired) electrons. The number of carbonyl (C=O) groups is 1. The third-order valence-corrected chi connectivity index (χ3v) is 4.32. The number of carbonyl (C=O) groups excluding carboxylic acids is 1. The normalized spacial score (nSPS) is 11.3. The number of hydrogen-bond acceptors (Lipinski definition) is 2. The number of rotatable bonds is 2. The Kier molecular flexibility index (Phi) is 4.13. The van der Waals surface area contributed by atoms with Crippen LogP contribution in [0.1, 0.15) is 13.8 Å². The van der Waals surface area contributed by atoms with Crippen LogP contribution in [-0.2, 0) is 4.79 Å². The highest BCUT2D eigenvalue weighted by Crippen LogP contribution is 2.26. The van der Waals surface area contributed by atoms with Gasteiger partial charge >= 0.3 is 0 Å². The number of aliphatic hydroxyl groups is 1. The third-order valence-electron chi connectivity index (χ3n) is 1.76. The molecule has 0 spiro atoms. The van der Waals surface area contributed by atoms with Gasteiger partial charge in [0, 0.05) is 4.47 Å². The van der Waals surface area contributed by atoms with Crippen LogP contribution in [-0.4, -0.2) is 16.6 Å². The maximum Gasteiger partial charge on any atom is 0.255 e. The minimum absolute atomic E-state index is 0.418. The molecule has 15 heavy (non-hydrogen) atoms. The van der Waals surface area contributed by atoms with Crippen molar-refractivity contribution >= 4 is 50.1 Å². The summed E-state index contributed by atoms with van der Waals surface area (Å²) < 4.78 is 1.82. The molecule has 82 valence electrons. The molecule has 2 N–H and O–H groups in total. The van der Waals surface area contributed by atoms with Gasteiger partial charge in [-0.25, -0.2) is 0 Å². The zero-order valence-corrected chi connectivity index (χ0v) is 12.1. The summed E-state index contributed by atoms with van der Waals surface area (Å²) in [6.07, 6.45) is 0. The molecule has 0 aromatic heterocycles. The van der Waals surface area contributed by atoms with E-state index in [4.69, 9.17) is 0 Å². The molecule has 1 rings (SSSR count). The van der Waals surface area contributed by atoms with Crippen LogP contribution in [0, 0.1) is 3.57 Å². The number of halogens is 2. The summed E-state index contributed by atoms with van der Waals surface area (Å²) in [4.78, 5) is 11.5. The van der Waals surface area contributed by atoms with Crippen molar-refractivity contribution in [2.75, 3.05) is 5.32 Å². The Morgan fingerprint density at radius 1 is 1.53 bits per heavy atom. The number of benzene rings is 1. The quantitative estimate of drug-likeness (QED) is 0.771. The summed E-state index contributed by atoms with van der Waals surface area (Å²) in [5.41, 5.74) is -0.678. The van der Waals surface area contributed by atoms with Gasteiger partial charge in [-0.1, -0.05) is 6.07 Å².